The summed E-state index contributed by atoms with van der Waals surface area (Å²) in [6, 6.07) is 4.10. The Morgan fingerprint density at radius 1 is 1.42 bits per heavy atom. The average molecular weight is 412 g/mol. The number of amides is 1. The van der Waals surface area contributed by atoms with Crippen LogP contribution in [-0.2, 0) is 0 Å². The number of carbonyl (C=O) groups is 1. The third-order valence-electron chi connectivity index (χ3n) is 2.71. The first-order valence-corrected chi connectivity index (χ1v) is 7.88. The van der Waals surface area contributed by atoms with Crippen LogP contribution in [0, 0.1) is 5.82 Å². The average Bonchev–Trinajstić information content (AvgIpc) is 3.22. The van der Waals surface area contributed by atoms with Crippen molar-refractivity contribution in [2.24, 2.45) is 10.7 Å². The van der Waals surface area contributed by atoms with Gasteiger partial charge in [-0.1, -0.05) is 4.49 Å². The fourth-order valence-electron chi connectivity index (χ4n) is 1.62. The number of carbonyl (C=O) groups excluding carboxylic acids is 1. The van der Waals surface area contributed by atoms with Crippen molar-refractivity contribution in [3.63, 3.8) is 0 Å². The molecule has 24 heavy (non-hydrogen) atoms. The molecule has 122 valence electrons. The van der Waals surface area contributed by atoms with E-state index in [9.17, 15) is 9.18 Å². The number of amidine groups is 1. The van der Waals surface area contributed by atoms with E-state index in [0.717, 1.165) is 11.5 Å². The number of aromatic nitrogens is 4. The lowest BCUT2D eigenvalue weighted by Crippen LogP contribution is -2.19. The molecule has 0 spiro atoms. The van der Waals surface area contributed by atoms with E-state index < -0.39 is 11.7 Å². The molecule has 3 rings (SSSR count). The van der Waals surface area contributed by atoms with Crippen molar-refractivity contribution in [2.75, 3.05) is 5.32 Å². The Labute approximate surface area is 146 Å². The molecule has 12 heteroatoms. The van der Waals surface area contributed by atoms with Gasteiger partial charge in [0.2, 0.25) is 5.82 Å². The first-order valence-electron chi connectivity index (χ1n) is 6.25. The van der Waals surface area contributed by atoms with Gasteiger partial charge in [0.15, 0.2) is 17.2 Å². The van der Waals surface area contributed by atoms with Crippen molar-refractivity contribution in [3.8, 4) is 0 Å². The lowest BCUT2D eigenvalue weighted by Gasteiger charge is -2.01. The zero-order valence-electron chi connectivity index (χ0n) is 11.6. The lowest BCUT2D eigenvalue weighted by atomic mass is 10.3. The summed E-state index contributed by atoms with van der Waals surface area (Å²) in [5.41, 5.74) is 6.39. The molecule has 2 heterocycles. The summed E-state index contributed by atoms with van der Waals surface area (Å²) in [6.07, 6.45) is 0. The Balaban J connectivity index is 1.84. The van der Waals surface area contributed by atoms with Crippen LogP contribution < -0.4 is 11.1 Å². The highest BCUT2D eigenvalue weighted by Crippen LogP contribution is 2.23. The van der Waals surface area contributed by atoms with E-state index in [2.05, 4.69) is 50.8 Å². The summed E-state index contributed by atoms with van der Waals surface area (Å²) in [5, 5.41) is 14.7. The maximum Gasteiger partial charge on any atom is 0.278 e. The summed E-state index contributed by atoms with van der Waals surface area (Å²) in [7, 11) is 0. The van der Waals surface area contributed by atoms with Crippen LogP contribution in [0.2, 0.25) is 0 Å². The van der Waals surface area contributed by atoms with Crippen molar-refractivity contribution in [1.82, 2.24) is 19.9 Å². The van der Waals surface area contributed by atoms with Gasteiger partial charge in [-0.05, 0) is 56.0 Å². The highest BCUT2D eigenvalue weighted by Gasteiger charge is 2.18. The van der Waals surface area contributed by atoms with Gasteiger partial charge in [-0.2, -0.15) is 0 Å². The number of anilines is 1. The minimum atomic E-state index is -0.543. The molecular formula is C12H7BrFN7O2S. The Bertz CT molecular complexity index is 912. The molecule has 1 amide bonds. The van der Waals surface area contributed by atoms with Gasteiger partial charge in [-0.15, -0.1) is 5.10 Å². The molecular weight excluding hydrogens is 405 g/mol. The molecule has 0 radical (unpaired) electrons. The zero-order valence-corrected chi connectivity index (χ0v) is 14.0. The van der Waals surface area contributed by atoms with Gasteiger partial charge in [-0.3, -0.25) is 4.79 Å². The van der Waals surface area contributed by atoms with Gasteiger partial charge in [0.25, 0.3) is 5.91 Å². The topological polar surface area (TPSA) is 132 Å². The van der Waals surface area contributed by atoms with E-state index in [4.69, 9.17) is 5.73 Å². The number of nitrogens with zero attached hydrogens (tertiary/aromatic N) is 5. The molecule has 1 aromatic carbocycles. The number of halogens is 2. The van der Waals surface area contributed by atoms with E-state index >= 15 is 0 Å². The second-order valence-corrected chi connectivity index (χ2v) is 5.77. The molecule has 0 saturated carbocycles. The SMILES string of the molecule is NC(=Nc1ccc(F)c(Br)c1)c1nonc1NC(=O)c1csnn1. The molecule has 0 aliphatic heterocycles. The van der Waals surface area contributed by atoms with Crippen molar-refractivity contribution < 1.29 is 13.8 Å². The summed E-state index contributed by atoms with van der Waals surface area (Å²) < 4.78 is 21.6. The van der Waals surface area contributed by atoms with Crippen LogP contribution in [0.15, 0.2) is 37.7 Å². The largest absolute Gasteiger partial charge is 0.382 e. The van der Waals surface area contributed by atoms with Crippen molar-refractivity contribution >= 4 is 50.7 Å². The molecule has 9 nitrogen and oxygen atoms in total. The molecule has 0 bridgehead atoms. The van der Waals surface area contributed by atoms with E-state index in [-0.39, 0.29) is 27.5 Å². The summed E-state index contributed by atoms with van der Waals surface area (Å²) in [6.45, 7) is 0. The molecule has 0 aliphatic rings. The Morgan fingerprint density at radius 3 is 2.96 bits per heavy atom. The quantitative estimate of drug-likeness (QED) is 0.495. The Hall–Kier alpha value is -2.73. The van der Waals surface area contributed by atoms with E-state index in [1.165, 1.54) is 23.6 Å². The molecule has 3 N–H and O–H groups in total. The molecule has 0 saturated heterocycles. The summed E-state index contributed by atoms with van der Waals surface area (Å²) in [5.74, 6) is -1.06. The maximum atomic E-state index is 13.2. The highest BCUT2D eigenvalue weighted by molar-refractivity contribution is 9.10. The fraction of sp³-hybridized carbons (Fsp3) is 0. The third-order valence-corrected chi connectivity index (χ3v) is 3.82. The monoisotopic (exact) mass is 411 g/mol. The third kappa shape index (κ3) is 3.44. The minimum absolute atomic E-state index is 0.0181. The number of nitrogens with one attached hydrogen (secondary N) is 1. The Kier molecular flexibility index (Phi) is 4.57. The van der Waals surface area contributed by atoms with Crippen LogP contribution in [0.5, 0.6) is 0 Å². The standard InChI is InChI=1S/C12H7BrFN7O2S/c13-6-3-5(1-2-7(6)14)16-10(15)9-11(20-23-19-9)17-12(22)8-4-24-21-18-8/h1-4H,(H2,15,16)(H,17,20,22). The van der Waals surface area contributed by atoms with Crippen LogP contribution in [0.1, 0.15) is 16.2 Å². The lowest BCUT2D eigenvalue weighted by molar-refractivity contribution is 0.102. The maximum absolute atomic E-state index is 13.2. The second kappa shape index (κ2) is 6.80. The van der Waals surface area contributed by atoms with Gasteiger partial charge in [0.05, 0.1) is 10.2 Å². The van der Waals surface area contributed by atoms with E-state index in [1.54, 1.807) is 0 Å². The van der Waals surface area contributed by atoms with Gasteiger partial charge in [0, 0.05) is 5.38 Å². The van der Waals surface area contributed by atoms with Gasteiger partial charge in [0.1, 0.15) is 5.82 Å². The predicted molar refractivity (Wildman–Crippen MR) is 86.6 cm³/mol. The molecule has 0 unspecified atom stereocenters. The van der Waals surface area contributed by atoms with Crippen LogP contribution in [-0.4, -0.2) is 31.6 Å². The number of hydrogen-bond acceptors (Lipinski definition) is 8. The van der Waals surface area contributed by atoms with Crippen molar-refractivity contribution in [2.45, 2.75) is 0 Å². The van der Waals surface area contributed by atoms with Gasteiger partial charge in [-0.25, -0.2) is 14.0 Å². The first-order chi connectivity index (χ1) is 11.5. The Morgan fingerprint density at radius 2 is 2.25 bits per heavy atom. The van der Waals surface area contributed by atoms with Crippen LogP contribution in [0.4, 0.5) is 15.9 Å². The molecule has 3 aromatic rings. The highest BCUT2D eigenvalue weighted by atomic mass is 79.9. The zero-order chi connectivity index (χ0) is 17.1. The molecule has 0 aliphatic carbocycles. The number of benzene rings is 1. The molecule has 0 atom stereocenters. The number of hydrogen-bond donors (Lipinski definition) is 2. The van der Waals surface area contributed by atoms with Crippen molar-refractivity contribution in [1.29, 1.82) is 0 Å². The van der Waals surface area contributed by atoms with Gasteiger partial charge >= 0.3 is 0 Å². The smallest absolute Gasteiger partial charge is 0.278 e. The summed E-state index contributed by atoms with van der Waals surface area (Å²) in [4.78, 5) is 16.0. The summed E-state index contributed by atoms with van der Waals surface area (Å²) >= 11 is 4.08. The molecule has 2 aromatic heterocycles. The number of rotatable bonds is 4. The van der Waals surface area contributed by atoms with E-state index in [1.807, 2.05) is 0 Å². The minimum Gasteiger partial charge on any atom is -0.382 e. The normalized spacial score (nSPS) is 11.5. The second-order valence-electron chi connectivity index (χ2n) is 4.30. The fourth-order valence-corrected chi connectivity index (χ4v) is 2.42. The number of nitrogens with two attached hydrogens (primary N) is 1. The van der Waals surface area contributed by atoms with Crippen LogP contribution >= 0.6 is 27.5 Å². The predicted octanol–water partition coefficient (Wildman–Crippen LogP) is 2.11. The van der Waals surface area contributed by atoms with E-state index in [0.29, 0.717) is 5.69 Å². The molecule has 0 fully saturated rings. The number of aliphatic imine (C=N–C) groups is 1. The van der Waals surface area contributed by atoms with Gasteiger partial charge < -0.3 is 11.1 Å². The first kappa shape index (κ1) is 16.1. The van der Waals surface area contributed by atoms with Crippen molar-refractivity contribution in [3.05, 3.63) is 45.3 Å². The van der Waals surface area contributed by atoms with Crippen LogP contribution in [0.3, 0.4) is 0 Å². The van der Waals surface area contributed by atoms with Crippen LogP contribution in [0.25, 0.3) is 0 Å².